The minimum absolute atomic E-state index is 0.243. The number of allylic oxidation sites excluding steroid dienone is 1. The van der Waals surface area contributed by atoms with Crippen molar-refractivity contribution in [2.24, 2.45) is 0 Å². The van der Waals surface area contributed by atoms with Crippen LogP contribution in [0.15, 0.2) is 55.1 Å². The zero-order valence-electron chi connectivity index (χ0n) is 12.4. The summed E-state index contributed by atoms with van der Waals surface area (Å²) in [5.41, 5.74) is 4.24. The van der Waals surface area contributed by atoms with Gasteiger partial charge in [-0.25, -0.2) is 4.79 Å². The van der Waals surface area contributed by atoms with Gasteiger partial charge in [0.1, 0.15) is 5.75 Å². The van der Waals surface area contributed by atoms with Crippen LogP contribution < -0.4 is 0 Å². The number of hydrogen-bond acceptors (Lipinski definition) is 2. The number of rotatable bonds is 5. The standard InChI is InChI=1S/C19H18O3/c1-3-5-15-10-13(2)19(22)17(12-15)16-7-4-6-14(11-16)8-9-18(20)21/h3-4,6-12,22H,1,5H2,2H3,(H,20,21)/b9-8+. The molecular weight excluding hydrogens is 276 g/mol. The normalized spacial score (nSPS) is 10.8. The molecular formula is C19H18O3. The Kier molecular flexibility index (Phi) is 4.79. The van der Waals surface area contributed by atoms with Crippen molar-refractivity contribution in [2.45, 2.75) is 13.3 Å². The van der Waals surface area contributed by atoms with Gasteiger partial charge in [0.05, 0.1) is 0 Å². The van der Waals surface area contributed by atoms with Gasteiger partial charge >= 0.3 is 5.97 Å². The SMILES string of the molecule is C=CCc1cc(C)c(O)c(-c2cccc(/C=C/C(=O)O)c2)c1. The molecule has 0 aliphatic heterocycles. The molecule has 0 saturated heterocycles. The molecule has 0 spiro atoms. The number of carboxylic acids is 1. The van der Waals surface area contributed by atoms with Crippen molar-refractivity contribution in [3.8, 4) is 16.9 Å². The van der Waals surface area contributed by atoms with Crippen molar-refractivity contribution in [3.63, 3.8) is 0 Å². The van der Waals surface area contributed by atoms with Crippen LogP contribution in [0.4, 0.5) is 0 Å². The Morgan fingerprint density at radius 3 is 2.73 bits per heavy atom. The zero-order valence-corrected chi connectivity index (χ0v) is 12.4. The number of carbonyl (C=O) groups is 1. The van der Waals surface area contributed by atoms with Crippen LogP contribution in [0, 0.1) is 6.92 Å². The van der Waals surface area contributed by atoms with Gasteiger partial charge in [0, 0.05) is 11.6 Å². The van der Waals surface area contributed by atoms with Crippen molar-refractivity contribution < 1.29 is 15.0 Å². The van der Waals surface area contributed by atoms with Crippen LogP contribution in [0.25, 0.3) is 17.2 Å². The van der Waals surface area contributed by atoms with Crippen LogP contribution in [0.1, 0.15) is 16.7 Å². The van der Waals surface area contributed by atoms with E-state index in [4.69, 9.17) is 5.11 Å². The summed E-state index contributed by atoms with van der Waals surface area (Å²) in [6, 6.07) is 11.3. The maximum absolute atomic E-state index is 10.6. The highest BCUT2D eigenvalue weighted by atomic mass is 16.4. The molecule has 2 aromatic rings. The van der Waals surface area contributed by atoms with Gasteiger partial charge in [-0.2, -0.15) is 0 Å². The third kappa shape index (κ3) is 3.64. The second kappa shape index (κ2) is 6.76. The molecule has 112 valence electrons. The molecule has 0 radical (unpaired) electrons. The summed E-state index contributed by atoms with van der Waals surface area (Å²) in [5.74, 6) is -0.746. The van der Waals surface area contributed by atoms with E-state index < -0.39 is 5.97 Å². The van der Waals surface area contributed by atoms with Crippen LogP contribution >= 0.6 is 0 Å². The van der Waals surface area contributed by atoms with Crippen molar-refractivity contribution in [3.05, 3.63) is 71.8 Å². The number of aliphatic carboxylic acids is 1. The first kappa shape index (κ1) is 15.6. The molecule has 0 amide bonds. The molecule has 0 aliphatic rings. The van der Waals surface area contributed by atoms with E-state index in [-0.39, 0.29) is 5.75 Å². The largest absolute Gasteiger partial charge is 0.507 e. The third-order valence-electron chi connectivity index (χ3n) is 3.36. The fraction of sp³-hybridized carbons (Fsp3) is 0.105. The van der Waals surface area contributed by atoms with E-state index in [0.29, 0.717) is 0 Å². The first-order valence-electron chi connectivity index (χ1n) is 6.96. The number of aromatic hydroxyl groups is 1. The quantitative estimate of drug-likeness (QED) is 0.642. The highest BCUT2D eigenvalue weighted by molar-refractivity contribution is 5.86. The highest BCUT2D eigenvalue weighted by Gasteiger charge is 2.09. The molecule has 22 heavy (non-hydrogen) atoms. The molecule has 0 saturated carbocycles. The van der Waals surface area contributed by atoms with Gasteiger partial charge in [0.25, 0.3) is 0 Å². The van der Waals surface area contributed by atoms with Gasteiger partial charge < -0.3 is 10.2 Å². The van der Waals surface area contributed by atoms with Crippen molar-refractivity contribution in [1.29, 1.82) is 0 Å². The second-order valence-corrected chi connectivity index (χ2v) is 5.10. The fourth-order valence-electron chi connectivity index (χ4n) is 2.34. The lowest BCUT2D eigenvalue weighted by Crippen LogP contribution is -1.89. The van der Waals surface area contributed by atoms with E-state index in [1.807, 2.05) is 49.4 Å². The molecule has 0 aliphatic carbocycles. The smallest absolute Gasteiger partial charge is 0.328 e. The molecule has 0 unspecified atom stereocenters. The van der Waals surface area contributed by atoms with E-state index in [0.717, 1.165) is 40.3 Å². The van der Waals surface area contributed by atoms with E-state index in [9.17, 15) is 9.90 Å². The Bertz CT molecular complexity index is 742. The summed E-state index contributed by atoms with van der Waals surface area (Å²) in [5, 5.41) is 19.0. The minimum Gasteiger partial charge on any atom is -0.507 e. The third-order valence-corrected chi connectivity index (χ3v) is 3.36. The molecule has 0 bridgehead atoms. The zero-order chi connectivity index (χ0) is 16.1. The summed E-state index contributed by atoms with van der Waals surface area (Å²) in [6.07, 6.45) is 5.18. The van der Waals surface area contributed by atoms with Crippen LogP contribution in [0.3, 0.4) is 0 Å². The number of carboxylic acid groups (broad SMARTS) is 1. The summed E-state index contributed by atoms with van der Waals surface area (Å²) in [6.45, 7) is 5.60. The van der Waals surface area contributed by atoms with Crippen molar-refractivity contribution >= 4 is 12.0 Å². The predicted molar refractivity (Wildman–Crippen MR) is 88.9 cm³/mol. The summed E-state index contributed by atoms with van der Waals surface area (Å²) >= 11 is 0. The van der Waals surface area contributed by atoms with Gasteiger partial charge in [-0.1, -0.05) is 30.3 Å². The molecule has 0 atom stereocenters. The molecule has 0 aromatic heterocycles. The number of phenolic OH excluding ortho intramolecular Hbond substituents is 1. The second-order valence-electron chi connectivity index (χ2n) is 5.10. The van der Waals surface area contributed by atoms with E-state index in [1.165, 1.54) is 6.08 Å². The number of phenols is 1. The monoisotopic (exact) mass is 294 g/mol. The Morgan fingerprint density at radius 1 is 1.27 bits per heavy atom. The molecule has 2 aromatic carbocycles. The van der Waals surface area contributed by atoms with Crippen molar-refractivity contribution in [2.75, 3.05) is 0 Å². The minimum atomic E-state index is -0.989. The topological polar surface area (TPSA) is 57.5 Å². The molecule has 2 rings (SSSR count). The maximum Gasteiger partial charge on any atom is 0.328 e. The van der Waals surface area contributed by atoms with Crippen LogP contribution in [-0.2, 0) is 11.2 Å². The lowest BCUT2D eigenvalue weighted by Gasteiger charge is -2.11. The van der Waals surface area contributed by atoms with E-state index in [2.05, 4.69) is 6.58 Å². The van der Waals surface area contributed by atoms with Crippen LogP contribution in [-0.4, -0.2) is 16.2 Å². The van der Waals surface area contributed by atoms with E-state index in [1.54, 1.807) is 0 Å². The highest BCUT2D eigenvalue weighted by Crippen LogP contribution is 2.34. The molecule has 3 heteroatoms. The summed E-state index contributed by atoms with van der Waals surface area (Å²) in [4.78, 5) is 10.6. The molecule has 0 fully saturated rings. The van der Waals surface area contributed by atoms with Gasteiger partial charge in [-0.15, -0.1) is 6.58 Å². The van der Waals surface area contributed by atoms with Gasteiger partial charge in [0.15, 0.2) is 0 Å². The Morgan fingerprint density at radius 2 is 2.05 bits per heavy atom. The molecule has 0 heterocycles. The lowest BCUT2D eigenvalue weighted by molar-refractivity contribution is -0.131. The van der Waals surface area contributed by atoms with Crippen molar-refractivity contribution in [1.82, 2.24) is 0 Å². The summed E-state index contributed by atoms with van der Waals surface area (Å²) in [7, 11) is 0. The molecule has 3 nitrogen and oxygen atoms in total. The average Bonchev–Trinajstić information content (AvgIpc) is 2.49. The Balaban J connectivity index is 2.49. The maximum atomic E-state index is 10.6. The Hall–Kier alpha value is -2.81. The number of aryl methyl sites for hydroxylation is 1. The van der Waals surface area contributed by atoms with Gasteiger partial charge in [-0.3, -0.25) is 0 Å². The fourth-order valence-corrected chi connectivity index (χ4v) is 2.34. The van der Waals surface area contributed by atoms with Crippen LogP contribution in [0.2, 0.25) is 0 Å². The number of benzene rings is 2. The predicted octanol–water partition coefficient (Wildman–Crippen LogP) is 4.19. The van der Waals surface area contributed by atoms with Crippen LogP contribution in [0.5, 0.6) is 5.75 Å². The summed E-state index contributed by atoms with van der Waals surface area (Å²) < 4.78 is 0. The molecule has 2 N–H and O–H groups in total. The van der Waals surface area contributed by atoms with E-state index >= 15 is 0 Å². The Labute approximate surface area is 129 Å². The lowest BCUT2D eigenvalue weighted by atomic mass is 9.96. The van der Waals surface area contributed by atoms with Gasteiger partial charge in [-0.05, 0) is 53.8 Å². The number of hydrogen-bond donors (Lipinski definition) is 2. The van der Waals surface area contributed by atoms with Gasteiger partial charge in [0.2, 0.25) is 0 Å². The first-order valence-corrected chi connectivity index (χ1v) is 6.96. The average molecular weight is 294 g/mol. The first-order chi connectivity index (χ1) is 10.5.